The van der Waals surface area contributed by atoms with Crippen molar-refractivity contribution in [3.05, 3.63) is 179 Å². The summed E-state index contributed by atoms with van der Waals surface area (Å²) in [4.78, 5) is 0. The summed E-state index contributed by atoms with van der Waals surface area (Å²) in [5.41, 5.74) is 4.89. The molecule has 0 amide bonds. The van der Waals surface area contributed by atoms with E-state index in [4.69, 9.17) is 37.9 Å². The fourth-order valence-electron chi connectivity index (χ4n) is 7.92. The first-order chi connectivity index (χ1) is 29.1. The topological polar surface area (TPSA) is 114 Å². The predicted octanol–water partition coefficient (Wildman–Crippen LogP) is 7.04. The molecule has 59 heavy (non-hydrogen) atoms. The Morgan fingerprint density at radius 1 is 0.525 bits per heavy atom. The summed E-state index contributed by atoms with van der Waals surface area (Å²) in [6.45, 7) is 1.28. The number of aliphatic hydroxyl groups is 2. The lowest BCUT2D eigenvalue weighted by atomic mass is 9.80. The van der Waals surface area contributed by atoms with Crippen LogP contribution in [0.5, 0.6) is 0 Å². The molecule has 5 aromatic rings. The van der Waals surface area contributed by atoms with Crippen LogP contribution in [0.1, 0.15) is 34.2 Å². The Labute approximate surface area is 347 Å². The number of rotatable bonds is 20. The zero-order valence-corrected chi connectivity index (χ0v) is 33.5. The molecule has 5 aromatic carbocycles. The van der Waals surface area contributed by atoms with E-state index in [1.54, 1.807) is 0 Å². The van der Waals surface area contributed by atoms with E-state index in [1.807, 2.05) is 152 Å². The highest BCUT2D eigenvalue weighted by atomic mass is 16.7. The molecule has 2 aliphatic heterocycles. The highest BCUT2D eigenvalue weighted by molar-refractivity contribution is 5.17. The number of hydrogen-bond donors (Lipinski definition) is 2. The van der Waals surface area contributed by atoms with E-state index >= 15 is 0 Å². The summed E-state index contributed by atoms with van der Waals surface area (Å²) < 4.78 is 52.7. The summed E-state index contributed by atoms with van der Waals surface area (Å²) in [5.74, 6) is -0.607. The van der Waals surface area contributed by atoms with Crippen molar-refractivity contribution in [2.24, 2.45) is 5.92 Å². The van der Waals surface area contributed by atoms with Crippen LogP contribution in [0.25, 0.3) is 0 Å². The van der Waals surface area contributed by atoms with E-state index in [0.29, 0.717) is 6.61 Å². The van der Waals surface area contributed by atoms with Gasteiger partial charge in [-0.05, 0) is 34.2 Å². The molecule has 10 heteroatoms. The maximum Gasteiger partial charge on any atom is 0.184 e. The standard InChI is InChI=1S/C49H56O10/c1-52-49-44(54-30-36-19-9-3-10-20-36)41(27-40(28-50)58-49)43(51)46-48(57-33-39-25-15-6-16-26-39)47(56-32-38-23-13-5-14-24-38)45(55-31-37-21-11-4-12-22-37)42(59-46)34-53-29-35-17-7-2-8-18-35/h2-26,40-51H,27-34H2,1H3. The van der Waals surface area contributed by atoms with E-state index in [1.165, 1.54) is 7.11 Å². The van der Waals surface area contributed by atoms with Crippen LogP contribution in [0.3, 0.4) is 0 Å². The Morgan fingerprint density at radius 3 is 1.37 bits per heavy atom. The highest BCUT2D eigenvalue weighted by Crippen LogP contribution is 2.39. The molecule has 10 atom stereocenters. The lowest BCUT2D eigenvalue weighted by Crippen LogP contribution is -2.66. The quantitative estimate of drug-likeness (QED) is 0.0850. The SMILES string of the molecule is COC1OC(CO)CC(C(O)C2OC(COCc3ccccc3)C(OCc3ccccc3)C(OCc3ccccc3)C2OCc2ccccc2)C1OCc1ccccc1. The third kappa shape index (κ3) is 11.9. The van der Waals surface area contributed by atoms with Gasteiger partial charge in [0.15, 0.2) is 6.29 Å². The van der Waals surface area contributed by atoms with Crippen LogP contribution in [-0.4, -0.2) is 85.7 Å². The van der Waals surface area contributed by atoms with Crippen LogP contribution in [0.15, 0.2) is 152 Å². The second-order valence-electron chi connectivity index (χ2n) is 15.1. The summed E-state index contributed by atoms with van der Waals surface area (Å²) in [6.07, 6.45) is -6.98. The molecule has 0 aromatic heterocycles. The van der Waals surface area contributed by atoms with E-state index < -0.39 is 61.0 Å². The Morgan fingerprint density at radius 2 is 0.932 bits per heavy atom. The monoisotopic (exact) mass is 804 g/mol. The van der Waals surface area contributed by atoms with Crippen molar-refractivity contribution < 1.29 is 48.1 Å². The van der Waals surface area contributed by atoms with Crippen LogP contribution in [0.4, 0.5) is 0 Å². The first kappa shape index (κ1) is 42.8. The molecule has 0 saturated carbocycles. The maximum atomic E-state index is 12.9. The first-order valence-corrected chi connectivity index (χ1v) is 20.5. The van der Waals surface area contributed by atoms with Gasteiger partial charge in [0.2, 0.25) is 0 Å². The minimum atomic E-state index is -1.19. The summed E-state index contributed by atoms with van der Waals surface area (Å²) in [5, 5.41) is 23.3. The molecule has 10 unspecified atom stereocenters. The number of hydrogen-bond acceptors (Lipinski definition) is 10. The van der Waals surface area contributed by atoms with Crippen molar-refractivity contribution in [1.82, 2.24) is 0 Å². The van der Waals surface area contributed by atoms with Gasteiger partial charge >= 0.3 is 0 Å². The minimum absolute atomic E-state index is 0.149. The Balaban J connectivity index is 1.25. The Bertz CT molecular complexity index is 1890. The Kier molecular flexibility index (Phi) is 16.2. The third-order valence-electron chi connectivity index (χ3n) is 11.0. The lowest BCUT2D eigenvalue weighted by Gasteiger charge is -2.50. The largest absolute Gasteiger partial charge is 0.394 e. The van der Waals surface area contributed by atoms with E-state index in [2.05, 4.69) is 0 Å². The molecule has 7 rings (SSSR count). The zero-order chi connectivity index (χ0) is 40.7. The second kappa shape index (κ2) is 22.3. The zero-order valence-electron chi connectivity index (χ0n) is 33.5. The Hall–Kier alpha value is -4.30. The molecule has 0 radical (unpaired) electrons. The number of benzene rings is 5. The van der Waals surface area contributed by atoms with Crippen LogP contribution in [0.2, 0.25) is 0 Å². The summed E-state index contributed by atoms with van der Waals surface area (Å²) in [7, 11) is 1.54. The fraction of sp³-hybridized carbons (Fsp3) is 0.388. The van der Waals surface area contributed by atoms with Crippen molar-refractivity contribution in [1.29, 1.82) is 0 Å². The van der Waals surface area contributed by atoms with Crippen LogP contribution >= 0.6 is 0 Å². The maximum absolute atomic E-state index is 12.9. The van der Waals surface area contributed by atoms with Gasteiger partial charge in [-0.1, -0.05) is 152 Å². The van der Waals surface area contributed by atoms with Gasteiger partial charge in [0.25, 0.3) is 0 Å². The average Bonchev–Trinajstić information content (AvgIpc) is 3.30. The average molecular weight is 805 g/mol. The summed E-state index contributed by atoms with van der Waals surface area (Å²) in [6, 6.07) is 49.6. The second-order valence-corrected chi connectivity index (χ2v) is 15.1. The number of ether oxygens (including phenoxy) is 8. The third-order valence-corrected chi connectivity index (χ3v) is 11.0. The molecular weight excluding hydrogens is 749 g/mol. The minimum Gasteiger partial charge on any atom is -0.394 e. The molecule has 2 aliphatic rings. The van der Waals surface area contributed by atoms with Gasteiger partial charge in [0, 0.05) is 13.0 Å². The van der Waals surface area contributed by atoms with E-state index in [-0.39, 0.29) is 46.1 Å². The van der Waals surface area contributed by atoms with Crippen molar-refractivity contribution in [3.8, 4) is 0 Å². The van der Waals surface area contributed by atoms with E-state index in [9.17, 15) is 10.2 Å². The molecule has 0 aliphatic carbocycles. The van der Waals surface area contributed by atoms with E-state index in [0.717, 1.165) is 27.8 Å². The van der Waals surface area contributed by atoms with Crippen LogP contribution < -0.4 is 0 Å². The van der Waals surface area contributed by atoms with Crippen molar-refractivity contribution in [2.75, 3.05) is 20.3 Å². The van der Waals surface area contributed by atoms with Gasteiger partial charge in [-0.2, -0.15) is 0 Å². The van der Waals surface area contributed by atoms with Gasteiger partial charge < -0.3 is 48.1 Å². The molecule has 2 fully saturated rings. The smallest absolute Gasteiger partial charge is 0.184 e. The van der Waals surface area contributed by atoms with Gasteiger partial charge in [0.1, 0.15) is 36.6 Å². The fourth-order valence-corrected chi connectivity index (χ4v) is 7.92. The first-order valence-electron chi connectivity index (χ1n) is 20.5. The normalized spacial score (nSPS) is 26.3. The van der Waals surface area contributed by atoms with Crippen molar-refractivity contribution in [3.63, 3.8) is 0 Å². The molecule has 0 spiro atoms. The van der Waals surface area contributed by atoms with Crippen molar-refractivity contribution in [2.45, 2.75) is 94.6 Å². The van der Waals surface area contributed by atoms with Gasteiger partial charge in [-0.25, -0.2) is 0 Å². The van der Waals surface area contributed by atoms with Gasteiger partial charge in [0.05, 0.1) is 58.5 Å². The lowest BCUT2D eigenvalue weighted by molar-refractivity contribution is -0.311. The molecule has 10 nitrogen and oxygen atoms in total. The molecule has 2 heterocycles. The molecule has 2 N–H and O–H groups in total. The van der Waals surface area contributed by atoms with Gasteiger partial charge in [-0.3, -0.25) is 0 Å². The summed E-state index contributed by atoms with van der Waals surface area (Å²) >= 11 is 0. The van der Waals surface area contributed by atoms with Gasteiger partial charge in [-0.15, -0.1) is 0 Å². The predicted molar refractivity (Wildman–Crippen MR) is 222 cm³/mol. The number of methoxy groups -OCH3 is 1. The highest BCUT2D eigenvalue weighted by Gasteiger charge is 2.54. The molecule has 2 saturated heterocycles. The van der Waals surface area contributed by atoms with Crippen LogP contribution in [-0.2, 0) is 70.9 Å². The van der Waals surface area contributed by atoms with Crippen molar-refractivity contribution >= 4 is 0 Å². The van der Waals surface area contributed by atoms with Crippen LogP contribution in [0, 0.1) is 5.92 Å². The molecular formula is C49H56O10. The number of aliphatic hydroxyl groups excluding tert-OH is 2. The molecule has 312 valence electrons. The molecule has 0 bridgehead atoms.